The molecule has 0 bridgehead atoms. The summed E-state index contributed by atoms with van der Waals surface area (Å²) in [6.07, 6.45) is 3.09. The molecule has 5 nitrogen and oxygen atoms in total. The second-order valence-electron chi connectivity index (χ2n) is 4.42. The molecule has 1 fully saturated rings. The molecule has 0 radical (unpaired) electrons. The van der Waals surface area contributed by atoms with E-state index in [9.17, 15) is 5.11 Å². The van der Waals surface area contributed by atoms with Crippen molar-refractivity contribution < 1.29 is 5.11 Å². The summed E-state index contributed by atoms with van der Waals surface area (Å²) in [6.45, 7) is 6.68. The van der Waals surface area contributed by atoms with Crippen molar-refractivity contribution in [1.82, 2.24) is 9.97 Å². The molecule has 1 aliphatic rings. The Morgan fingerprint density at radius 2 is 2.12 bits per heavy atom. The summed E-state index contributed by atoms with van der Waals surface area (Å²) in [4.78, 5) is 10.8. The molecule has 0 unspecified atom stereocenters. The Balaban J connectivity index is 2.17. The van der Waals surface area contributed by atoms with Crippen LogP contribution in [-0.2, 0) is 0 Å². The lowest BCUT2D eigenvalue weighted by molar-refractivity contribution is 0.145. The van der Waals surface area contributed by atoms with Crippen LogP contribution < -0.4 is 10.2 Å². The Bertz CT molecular complexity index is 375. The van der Waals surface area contributed by atoms with Crippen molar-refractivity contribution in [2.45, 2.75) is 32.8 Å². The maximum absolute atomic E-state index is 9.51. The average molecular weight is 236 g/mol. The highest BCUT2D eigenvalue weighted by molar-refractivity contribution is 5.58. The Hall–Kier alpha value is -1.36. The van der Waals surface area contributed by atoms with E-state index in [4.69, 9.17) is 0 Å². The summed E-state index contributed by atoms with van der Waals surface area (Å²) in [5, 5.41) is 12.7. The van der Waals surface area contributed by atoms with Crippen LogP contribution >= 0.6 is 0 Å². The Labute approximate surface area is 102 Å². The number of aromatic nitrogens is 2. The lowest BCUT2D eigenvalue weighted by Crippen LogP contribution is -2.36. The smallest absolute Gasteiger partial charge is 0.137 e. The molecule has 0 aliphatic carbocycles. The second-order valence-corrected chi connectivity index (χ2v) is 4.42. The third kappa shape index (κ3) is 2.66. The highest BCUT2D eigenvalue weighted by Crippen LogP contribution is 2.24. The first-order chi connectivity index (χ1) is 8.22. The van der Waals surface area contributed by atoms with E-state index in [1.165, 1.54) is 0 Å². The van der Waals surface area contributed by atoms with Gasteiger partial charge in [-0.1, -0.05) is 0 Å². The first-order valence-corrected chi connectivity index (χ1v) is 6.21. The molecule has 2 N–H and O–H groups in total. The van der Waals surface area contributed by atoms with E-state index < -0.39 is 0 Å². The topological polar surface area (TPSA) is 61.3 Å². The van der Waals surface area contributed by atoms with Crippen molar-refractivity contribution in [2.75, 3.05) is 29.9 Å². The summed E-state index contributed by atoms with van der Waals surface area (Å²) >= 11 is 0. The highest BCUT2D eigenvalue weighted by Gasteiger charge is 2.20. The van der Waals surface area contributed by atoms with E-state index in [-0.39, 0.29) is 6.10 Å². The molecular formula is C12H20N4O. The highest BCUT2D eigenvalue weighted by atomic mass is 16.3. The number of nitrogens with zero attached hydrogens (tertiary/aromatic N) is 3. The van der Waals surface area contributed by atoms with Crippen LogP contribution in [0.4, 0.5) is 11.6 Å². The van der Waals surface area contributed by atoms with Gasteiger partial charge in [-0.25, -0.2) is 9.97 Å². The van der Waals surface area contributed by atoms with E-state index >= 15 is 0 Å². The van der Waals surface area contributed by atoms with Crippen LogP contribution in [0.25, 0.3) is 0 Å². The number of hydrogen-bond acceptors (Lipinski definition) is 5. The van der Waals surface area contributed by atoms with Crippen LogP contribution in [0.3, 0.4) is 0 Å². The molecule has 2 heterocycles. The zero-order valence-corrected chi connectivity index (χ0v) is 10.5. The summed E-state index contributed by atoms with van der Waals surface area (Å²) in [7, 11) is 0. The molecule has 0 amide bonds. The summed E-state index contributed by atoms with van der Waals surface area (Å²) in [5.74, 6) is 1.89. The first-order valence-electron chi connectivity index (χ1n) is 6.21. The lowest BCUT2D eigenvalue weighted by atomic mass is 10.1. The zero-order chi connectivity index (χ0) is 12.3. The van der Waals surface area contributed by atoms with Crippen LogP contribution in [0, 0.1) is 6.92 Å². The summed E-state index contributed by atoms with van der Waals surface area (Å²) in [6, 6.07) is 0. The third-order valence-electron chi connectivity index (χ3n) is 3.17. The van der Waals surface area contributed by atoms with Crippen molar-refractivity contribution in [3.8, 4) is 0 Å². The predicted molar refractivity (Wildman–Crippen MR) is 68.4 cm³/mol. The van der Waals surface area contributed by atoms with E-state index in [2.05, 4.69) is 27.1 Å². The Morgan fingerprint density at radius 1 is 1.41 bits per heavy atom. The van der Waals surface area contributed by atoms with Gasteiger partial charge in [-0.2, -0.15) is 0 Å². The number of nitrogens with one attached hydrogen (secondary N) is 1. The lowest BCUT2D eigenvalue weighted by Gasteiger charge is -2.31. The number of anilines is 2. The molecule has 1 aliphatic heterocycles. The fourth-order valence-corrected chi connectivity index (χ4v) is 2.18. The minimum Gasteiger partial charge on any atom is -0.393 e. The minimum atomic E-state index is -0.151. The largest absolute Gasteiger partial charge is 0.393 e. The van der Waals surface area contributed by atoms with Crippen molar-refractivity contribution >= 4 is 11.6 Å². The molecular weight excluding hydrogens is 216 g/mol. The average Bonchev–Trinajstić information content (AvgIpc) is 2.34. The van der Waals surface area contributed by atoms with Crippen LogP contribution in [-0.4, -0.2) is 40.8 Å². The Kier molecular flexibility index (Phi) is 3.78. The normalized spacial score (nSPS) is 17.2. The zero-order valence-electron chi connectivity index (χ0n) is 10.5. The molecule has 17 heavy (non-hydrogen) atoms. The fraction of sp³-hybridized carbons (Fsp3) is 0.667. The molecule has 0 saturated carbocycles. The third-order valence-corrected chi connectivity index (χ3v) is 3.17. The van der Waals surface area contributed by atoms with Gasteiger partial charge in [0.1, 0.15) is 18.0 Å². The van der Waals surface area contributed by atoms with Gasteiger partial charge in [0.15, 0.2) is 0 Å². The van der Waals surface area contributed by atoms with Gasteiger partial charge in [-0.15, -0.1) is 0 Å². The second kappa shape index (κ2) is 5.31. The van der Waals surface area contributed by atoms with Crippen LogP contribution in [0.1, 0.15) is 25.3 Å². The summed E-state index contributed by atoms with van der Waals surface area (Å²) < 4.78 is 0. The van der Waals surface area contributed by atoms with Gasteiger partial charge in [-0.3, -0.25) is 0 Å². The maximum atomic E-state index is 9.51. The van der Waals surface area contributed by atoms with Gasteiger partial charge >= 0.3 is 0 Å². The molecule has 5 heteroatoms. The number of aliphatic hydroxyl groups is 1. The van der Waals surface area contributed by atoms with E-state index in [0.717, 1.165) is 49.7 Å². The number of hydrogen-bond donors (Lipinski definition) is 2. The molecule has 1 saturated heterocycles. The predicted octanol–water partition coefficient (Wildman–Crippen LogP) is 1.18. The Morgan fingerprint density at radius 3 is 2.76 bits per heavy atom. The van der Waals surface area contributed by atoms with Gasteiger partial charge in [0, 0.05) is 25.2 Å². The van der Waals surface area contributed by atoms with Gasteiger partial charge in [-0.05, 0) is 26.7 Å². The van der Waals surface area contributed by atoms with E-state index in [1.54, 1.807) is 6.33 Å². The van der Waals surface area contributed by atoms with Gasteiger partial charge in [0.05, 0.1) is 6.10 Å². The maximum Gasteiger partial charge on any atom is 0.137 e. The minimum absolute atomic E-state index is 0.151. The number of rotatable bonds is 3. The number of piperidine rings is 1. The van der Waals surface area contributed by atoms with Gasteiger partial charge < -0.3 is 15.3 Å². The quantitative estimate of drug-likeness (QED) is 0.825. The summed E-state index contributed by atoms with van der Waals surface area (Å²) in [5.41, 5.74) is 1.09. The molecule has 0 spiro atoms. The standard InChI is InChI=1S/C12H20N4O/c1-3-13-11-9(2)12(15-8-14-11)16-6-4-10(17)5-7-16/h8,10,17H,3-7H2,1-2H3,(H,13,14,15). The van der Waals surface area contributed by atoms with E-state index in [0.29, 0.717) is 0 Å². The molecule has 1 aromatic heterocycles. The molecule has 0 atom stereocenters. The van der Waals surface area contributed by atoms with Crippen LogP contribution in [0.5, 0.6) is 0 Å². The molecule has 94 valence electrons. The fourth-order valence-electron chi connectivity index (χ4n) is 2.18. The van der Waals surface area contributed by atoms with Crippen LogP contribution in [0.2, 0.25) is 0 Å². The van der Waals surface area contributed by atoms with Gasteiger partial charge in [0.2, 0.25) is 0 Å². The first kappa shape index (κ1) is 12.1. The van der Waals surface area contributed by atoms with E-state index in [1.807, 2.05) is 6.92 Å². The van der Waals surface area contributed by atoms with Crippen molar-refractivity contribution in [2.24, 2.45) is 0 Å². The SMILES string of the molecule is CCNc1ncnc(N2CCC(O)CC2)c1C. The number of aliphatic hydroxyl groups excluding tert-OH is 1. The van der Waals surface area contributed by atoms with Crippen LogP contribution in [0.15, 0.2) is 6.33 Å². The molecule has 2 rings (SSSR count). The van der Waals surface area contributed by atoms with Crippen molar-refractivity contribution in [3.63, 3.8) is 0 Å². The van der Waals surface area contributed by atoms with Crippen molar-refractivity contribution in [1.29, 1.82) is 0 Å². The van der Waals surface area contributed by atoms with Gasteiger partial charge in [0.25, 0.3) is 0 Å². The monoisotopic (exact) mass is 236 g/mol. The molecule has 0 aromatic carbocycles. The molecule has 1 aromatic rings. The van der Waals surface area contributed by atoms with Crippen molar-refractivity contribution in [3.05, 3.63) is 11.9 Å².